The van der Waals surface area contributed by atoms with E-state index < -0.39 is 17.8 Å². The fourth-order valence-electron chi connectivity index (χ4n) is 4.59. The Kier molecular flexibility index (Phi) is 5.80. The number of anilines is 1. The highest BCUT2D eigenvalue weighted by atomic mass is 19.1. The van der Waals surface area contributed by atoms with Gasteiger partial charge in [0.2, 0.25) is 5.91 Å². The monoisotopic (exact) mass is 426 g/mol. The van der Waals surface area contributed by atoms with Gasteiger partial charge in [0.25, 0.3) is 5.56 Å². The van der Waals surface area contributed by atoms with Gasteiger partial charge in [0.15, 0.2) is 0 Å². The van der Waals surface area contributed by atoms with E-state index in [-0.39, 0.29) is 35.0 Å². The Morgan fingerprint density at radius 3 is 2.58 bits per heavy atom. The van der Waals surface area contributed by atoms with Gasteiger partial charge in [-0.25, -0.2) is 9.18 Å². The van der Waals surface area contributed by atoms with E-state index in [1.165, 1.54) is 12.1 Å². The first kappa shape index (κ1) is 21.1. The molecule has 0 saturated carbocycles. The first-order chi connectivity index (χ1) is 14.8. The summed E-state index contributed by atoms with van der Waals surface area (Å²) >= 11 is 0. The van der Waals surface area contributed by atoms with Crippen molar-refractivity contribution in [2.75, 3.05) is 18.4 Å². The van der Waals surface area contributed by atoms with Crippen LogP contribution < -0.4 is 16.2 Å². The normalized spacial score (nSPS) is 20.7. The molecule has 2 aromatic rings. The molecule has 3 heterocycles. The maximum atomic E-state index is 13.9. The van der Waals surface area contributed by atoms with Crippen LogP contribution in [0.25, 0.3) is 0 Å². The first-order valence-electron chi connectivity index (χ1n) is 10.6. The SMILES string of the molecule is CC(C)[C@H](NC(=O)N1CC2CC(C1)c1cccc(=O)n1C2)C(=O)Nc1ccccc1F. The van der Waals surface area contributed by atoms with Crippen LogP contribution in [0.4, 0.5) is 14.9 Å². The number of nitrogens with one attached hydrogen (secondary N) is 2. The maximum absolute atomic E-state index is 13.9. The Labute approximate surface area is 180 Å². The van der Waals surface area contributed by atoms with Gasteiger partial charge in [0, 0.05) is 37.3 Å². The molecule has 1 fully saturated rings. The summed E-state index contributed by atoms with van der Waals surface area (Å²) < 4.78 is 15.7. The minimum Gasteiger partial charge on any atom is -0.326 e. The number of fused-ring (bicyclic) bond motifs is 4. The fraction of sp³-hybridized carbons (Fsp3) is 0.435. The van der Waals surface area contributed by atoms with Gasteiger partial charge in [0.05, 0.1) is 5.69 Å². The second-order valence-electron chi connectivity index (χ2n) is 8.74. The van der Waals surface area contributed by atoms with Crippen LogP contribution >= 0.6 is 0 Å². The molecule has 2 unspecified atom stereocenters. The lowest BCUT2D eigenvalue weighted by Gasteiger charge is -2.43. The average molecular weight is 426 g/mol. The molecule has 1 aromatic heterocycles. The molecule has 7 nitrogen and oxygen atoms in total. The van der Waals surface area contributed by atoms with Crippen LogP contribution in [0.15, 0.2) is 47.3 Å². The first-order valence-corrected chi connectivity index (χ1v) is 10.6. The van der Waals surface area contributed by atoms with Crippen molar-refractivity contribution in [3.8, 4) is 0 Å². The number of hydrogen-bond donors (Lipinski definition) is 2. The molecule has 31 heavy (non-hydrogen) atoms. The zero-order valence-corrected chi connectivity index (χ0v) is 17.7. The van der Waals surface area contributed by atoms with Crippen molar-refractivity contribution in [1.82, 2.24) is 14.8 Å². The van der Waals surface area contributed by atoms with Crippen LogP contribution in [0.1, 0.15) is 31.9 Å². The zero-order chi connectivity index (χ0) is 22.1. The van der Waals surface area contributed by atoms with Crippen LogP contribution in [0.2, 0.25) is 0 Å². The summed E-state index contributed by atoms with van der Waals surface area (Å²) in [6.07, 6.45) is 0.939. The van der Waals surface area contributed by atoms with Gasteiger partial charge < -0.3 is 20.1 Å². The van der Waals surface area contributed by atoms with Crippen molar-refractivity contribution >= 4 is 17.6 Å². The summed E-state index contributed by atoms with van der Waals surface area (Å²) in [4.78, 5) is 39.7. The molecule has 2 bridgehead atoms. The van der Waals surface area contributed by atoms with Crippen molar-refractivity contribution in [3.05, 3.63) is 64.3 Å². The number of aromatic nitrogens is 1. The van der Waals surface area contributed by atoms with Crippen LogP contribution in [-0.2, 0) is 11.3 Å². The second kappa shape index (κ2) is 8.53. The molecule has 8 heteroatoms. The summed E-state index contributed by atoms with van der Waals surface area (Å²) in [7, 11) is 0. The maximum Gasteiger partial charge on any atom is 0.318 e. The van der Waals surface area contributed by atoms with Gasteiger partial charge >= 0.3 is 6.03 Å². The van der Waals surface area contributed by atoms with Gasteiger partial charge in [-0.2, -0.15) is 0 Å². The number of carbonyl (C=O) groups is 2. The molecule has 2 N–H and O–H groups in total. The van der Waals surface area contributed by atoms with E-state index in [1.54, 1.807) is 29.2 Å². The van der Waals surface area contributed by atoms with Gasteiger partial charge in [-0.15, -0.1) is 0 Å². The number of pyridine rings is 1. The Bertz CT molecular complexity index is 1050. The minimum atomic E-state index is -0.802. The van der Waals surface area contributed by atoms with Gasteiger partial charge in [-0.3, -0.25) is 9.59 Å². The zero-order valence-electron chi connectivity index (χ0n) is 17.7. The van der Waals surface area contributed by atoms with E-state index in [1.807, 2.05) is 24.5 Å². The molecule has 1 aromatic carbocycles. The highest BCUT2D eigenvalue weighted by Crippen LogP contribution is 2.34. The standard InChI is InChI=1S/C23H27FN4O3/c1-14(2)21(22(30)25-18-7-4-3-6-17(18)24)26-23(31)27-11-15-10-16(13-27)19-8-5-9-20(29)28(19)12-15/h3-9,14-16,21H,10-13H2,1-2H3,(H,25,30)(H,26,31)/t15?,16?,21-/m0/s1. The number of hydrogen-bond acceptors (Lipinski definition) is 3. The van der Waals surface area contributed by atoms with Crippen LogP contribution in [-0.4, -0.2) is 40.5 Å². The van der Waals surface area contributed by atoms with Crippen LogP contribution in [0.3, 0.4) is 0 Å². The quantitative estimate of drug-likeness (QED) is 0.789. The average Bonchev–Trinajstić information content (AvgIpc) is 2.74. The number of para-hydroxylation sites is 1. The fourth-order valence-corrected chi connectivity index (χ4v) is 4.59. The molecule has 4 rings (SSSR count). The molecule has 0 radical (unpaired) electrons. The van der Waals surface area contributed by atoms with Gasteiger partial charge in [0.1, 0.15) is 11.9 Å². The van der Waals surface area contributed by atoms with Crippen LogP contribution in [0, 0.1) is 17.7 Å². The largest absolute Gasteiger partial charge is 0.326 e. The third-order valence-electron chi connectivity index (χ3n) is 6.13. The molecular weight excluding hydrogens is 399 g/mol. The molecule has 0 aliphatic carbocycles. The molecule has 3 amide bonds. The second-order valence-corrected chi connectivity index (χ2v) is 8.74. The lowest BCUT2D eigenvalue weighted by molar-refractivity contribution is -0.118. The summed E-state index contributed by atoms with van der Waals surface area (Å²) in [5.41, 5.74) is 1.04. The number of urea groups is 1. The highest BCUT2D eigenvalue weighted by Gasteiger charge is 2.37. The van der Waals surface area contributed by atoms with Crippen molar-refractivity contribution in [1.29, 1.82) is 0 Å². The number of halogens is 1. The summed E-state index contributed by atoms with van der Waals surface area (Å²) in [5.74, 6) is -0.872. The summed E-state index contributed by atoms with van der Waals surface area (Å²) in [5, 5.41) is 5.41. The molecular formula is C23H27FN4O3. The lowest BCUT2D eigenvalue weighted by atomic mass is 9.83. The number of carbonyl (C=O) groups excluding carboxylic acids is 2. The predicted octanol–water partition coefficient (Wildman–Crippen LogP) is 2.78. The number of piperidine rings is 1. The van der Waals surface area contributed by atoms with Crippen molar-refractivity contribution in [2.24, 2.45) is 11.8 Å². The smallest absolute Gasteiger partial charge is 0.318 e. The molecule has 3 atom stereocenters. The lowest BCUT2D eigenvalue weighted by Crippen LogP contribution is -2.56. The van der Waals surface area contributed by atoms with E-state index in [0.717, 1.165) is 12.1 Å². The van der Waals surface area contributed by atoms with Crippen molar-refractivity contribution < 1.29 is 14.0 Å². The van der Waals surface area contributed by atoms with E-state index in [4.69, 9.17) is 0 Å². The van der Waals surface area contributed by atoms with E-state index in [0.29, 0.717) is 19.6 Å². The summed E-state index contributed by atoms with van der Waals surface area (Å²) in [6.45, 7) is 5.28. The Hall–Kier alpha value is -3.16. The third-order valence-corrected chi connectivity index (χ3v) is 6.13. The predicted molar refractivity (Wildman–Crippen MR) is 115 cm³/mol. The topological polar surface area (TPSA) is 83.4 Å². The highest BCUT2D eigenvalue weighted by molar-refractivity contribution is 5.97. The number of likely N-dealkylation sites (tertiary alicyclic amines) is 1. The Morgan fingerprint density at radius 1 is 1.06 bits per heavy atom. The number of benzene rings is 1. The third kappa shape index (κ3) is 4.33. The molecule has 1 saturated heterocycles. The molecule has 164 valence electrons. The molecule has 2 aliphatic heterocycles. The van der Waals surface area contributed by atoms with Crippen molar-refractivity contribution in [3.63, 3.8) is 0 Å². The number of amides is 3. The molecule has 0 spiro atoms. The van der Waals surface area contributed by atoms with Crippen molar-refractivity contribution in [2.45, 2.75) is 38.8 Å². The van der Waals surface area contributed by atoms with E-state index in [9.17, 15) is 18.8 Å². The number of rotatable bonds is 4. The minimum absolute atomic E-state index is 0.00483. The van der Waals surface area contributed by atoms with Gasteiger partial charge in [-0.05, 0) is 36.5 Å². The summed E-state index contributed by atoms with van der Waals surface area (Å²) in [6, 6.07) is 10.1. The van der Waals surface area contributed by atoms with Crippen LogP contribution in [0.5, 0.6) is 0 Å². The Balaban J connectivity index is 1.46. The van der Waals surface area contributed by atoms with Gasteiger partial charge in [-0.1, -0.05) is 32.0 Å². The van der Waals surface area contributed by atoms with E-state index in [2.05, 4.69) is 10.6 Å². The number of nitrogens with zero attached hydrogens (tertiary/aromatic N) is 2. The van der Waals surface area contributed by atoms with E-state index >= 15 is 0 Å². The molecule has 2 aliphatic rings. The Morgan fingerprint density at radius 2 is 1.84 bits per heavy atom.